The highest BCUT2D eigenvalue weighted by molar-refractivity contribution is 6.31. The summed E-state index contributed by atoms with van der Waals surface area (Å²) in [6, 6.07) is 16.7. The first-order valence-corrected chi connectivity index (χ1v) is 9.99. The molecule has 8 heteroatoms. The Kier molecular flexibility index (Phi) is 7.10. The fraction of sp³-hybridized carbons (Fsp3) is 0.174. The van der Waals surface area contributed by atoms with Crippen molar-refractivity contribution in [3.63, 3.8) is 0 Å². The highest BCUT2D eigenvalue weighted by Crippen LogP contribution is 2.20. The van der Waals surface area contributed by atoms with Crippen LogP contribution < -0.4 is 10.6 Å². The Hall–Kier alpha value is -3.58. The monoisotopic (exact) mass is 438 g/mol. The zero-order valence-electron chi connectivity index (χ0n) is 17.2. The van der Waals surface area contributed by atoms with Gasteiger partial charge < -0.3 is 25.3 Å². The fourth-order valence-corrected chi connectivity index (χ4v) is 3.24. The maximum Gasteiger partial charge on any atom is 0.326 e. The van der Waals surface area contributed by atoms with Crippen molar-refractivity contribution in [2.45, 2.75) is 20.4 Å². The van der Waals surface area contributed by atoms with Crippen molar-refractivity contribution in [3.8, 4) is 0 Å². The predicted molar refractivity (Wildman–Crippen MR) is 122 cm³/mol. The summed E-state index contributed by atoms with van der Waals surface area (Å²) < 4.78 is 6.83. The Morgan fingerprint density at radius 1 is 1.10 bits per heavy atom. The molecule has 7 nitrogen and oxygen atoms in total. The van der Waals surface area contributed by atoms with Crippen molar-refractivity contribution in [2.75, 3.05) is 11.9 Å². The highest BCUT2D eigenvalue weighted by Gasteiger charge is 2.14. The zero-order valence-corrected chi connectivity index (χ0v) is 18.0. The maximum absolute atomic E-state index is 12.3. The van der Waals surface area contributed by atoms with Crippen molar-refractivity contribution < 1.29 is 14.3 Å². The van der Waals surface area contributed by atoms with Crippen LogP contribution in [-0.2, 0) is 20.9 Å². The van der Waals surface area contributed by atoms with E-state index in [0.29, 0.717) is 16.4 Å². The van der Waals surface area contributed by atoms with Crippen LogP contribution in [-0.4, -0.2) is 28.8 Å². The summed E-state index contributed by atoms with van der Waals surface area (Å²) >= 11 is 6.03. The molecule has 3 rings (SSSR count). The van der Waals surface area contributed by atoms with Crippen LogP contribution in [0.25, 0.3) is 10.9 Å². The molecule has 0 aliphatic heterocycles. The molecule has 2 aromatic carbocycles. The molecule has 0 aliphatic carbocycles. The van der Waals surface area contributed by atoms with E-state index in [2.05, 4.69) is 10.6 Å². The molecule has 0 fully saturated rings. The summed E-state index contributed by atoms with van der Waals surface area (Å²) in [5.41, 5.74) is 2.75. The first kappa shape index (κ1) is 22.1. The summed E-state index contributed by atoms with van der Waals surface area (Å²) in [4.78, 5) is 24.5. The average Bonchev–Trinajstić information content (AvgIpc) is 3.12. The predicted octanol–water partition coefficient (Wildman–Crippen LogP) is 4.34. The van der Waals surface area contributed by atoms with Crippen LogP contribution in [0.5, 0.6) is 0 Å². The summed E-state index contributed by atoms with van der Waals surface area (Å²) in [7, 11) is 0. The third kappa shape index (κ3) is 5.96. The highest BCUT2D eigenvalue weighted by atomic mass is 35.5. The average molecular weight is 439 g/mol. The molecule has 1 heterocycles. The molecule has 0 unspecified atom stereocenters. The number of para-hydroxylation sites is 1. The van der Waals surface area contributed by atoms with Gasteiger partial charge in [-0.25, -0.2) is 0 Å². The van der Waals surface area contributed by atoms with E-state index in [4.69, 9.17) is 21.7 Å². The van der Waals surface area contributed by atoms with Crippen LogP contribution in [0.15, 0.2) is 72.2 Å². The molecule has 160 valence electrons. The number of nitrogens with one attached hydrogen (secondary N) is 3. The number of esters is 1. The molecule has 0 saturated carbocycles. The number of allylic oxidation sites excluding steroid dienone is 2. The zero-order chi connectivity index (χ0) is 22.4. The van der Waals surface area contributed by atoms with Gasteiger partial charge in [-0.1, -0.05) is 35.9 Å². The Labute approximate surface area is 185 Å². The summed E-state index contributed by atoms with van der Waals surface area (Å²) in [5.74, 6) is -1.08. The minimum Gasteiger partial charge on any atom is -0.454 e. The number of nitrogens with zero attached hydrogens (tertiary/aromatic N) is 1. The molecule has 0 saturated heterocycles. The van der Waals surface area contributed by atoms with Crippen LogP contribution in [0.3, 0.4) is 0 Å². The lowest BCUT2D eigenvalue weighted by atomic mass is 10.2. The largest absolute Gasteiger partial charge is 0.454 e. The molecular weight excluding hydrogens is 416 g/mol. The summed E-state index contributed by atoms with van der Waals surface area (Å²) in [6.07, 6.45) is 1.76. The van der Waals surface area contributed by atoms with Gasteiger partial charge in [0, 0.05) is 22.6 Å². The lowest BCUT2D eigenvalue weighted by Gasteiger charge is -2.15. The molecule has 0 aliphatic rings. The van der Waals surface area contributed by atoms with Gasteiger partial charge >= 0.3 is 5.97 Å². The topological polar surface area (TPSA) is 96.2 Å². The van der Waals surface area contributed by atoms with Crippen molar-refractivity contribution in [3.05, 3.63) is 77.2 Å². The van der Waals surface area contributed by atoms with Gasteiger partial charge in [0.2, 0.25) is 0 Å². The second-order valence-corrected chi connectivity index (χ2v) is 7.41. The van der Waals surface area contributed by atoms with Crippen molar-refractivity contribution in [1.82, 2.24) is 9.88 Å². The number of ether oxygens (including phenoxy) is 1. The van der Waals surface area contributed by atoms with Gasteiger partial charge in [-0.3, -0.25) is 9.59 Å². The third-order valence-electron chi connectivity index (χ3n) is 4.52. The molecule has 31 heavy (non-hydrogen) atoms. The van der Waals surface area contributed by atoms with Crippen LogP contribution in [0.4, 0.5) is 5.69 Å². The number of hydrogen-bond acceptors (Lipinski definition) is 5. The van der Waals surface area contributed by atoms with E-state index < -0.39 is 18.5 Å². The molecule has 0 atom stereocenters. The number of aromatic nitrogens is 1. The van der Waals surface area contributed by atoms with Crippen LogP contribution in [0.2, 0.25) is 5.02 Å². The normalized spacial score (nSPS) is 11.6. The molecule has 3 aromatic rings. The quantitative estimate of drug-likeness (QED) is 0.360. The minimum atomic E-state index is -0.552. The lowest BCUT2D eigenvalue weighted by molar-refractivity contribution is -0.148. The Morgan fingerprint density at radius 2 is 1.84 bits per heavy atom. The van der Waals surface area contributed by atoms with Gasteiger partial charge in [-0.05, 0) is 49.6 Å². The van der Waals surface area contributed by atoms with Crippen molar-refractivity contribution >= 4 is 45.8 Å². The first-order valence-electron chi connectivity index (χ1n) is 9.62. The maximum atomic E-state index is 12.3. The second kappa shape index (κ2) is 9.95. The van der Waals surface area contributed by atoms with E-state index >= 15 is 0 Å². The Morgan fingerprint density at radius 3 is 2.55 bits per heavy atom. The van der Waals surface area contributed by atoms with Gasteiger partial charge in [-0.2, -0.15) is 0 Å². The number of anilines is 1. The molecule has 0 bridgehead atoms. The van der Waals surface area contributed by atoms with E-state index in [9.17, 15) is 9.59 Å². The summed E-state index contributed by atoms with van der Waals surface area (Å²) in [5, 5.41) is 15.3. The molecule has 0 radical (unpaired) electrons. The minimum absolute atomic E-state index is 0.0436. The fourth-order valence-electron chi connectivity index (χ4n) is 3.07. The number of rotatable bonds is 8. The van der Waals surface area contributed by atoms with E-state index in [0.717, 1.165) is 16.6 Å². The number of carbonyl (C=O) groups is 2. The Balaban J connectivity index is 1.58. The SMILES string of the molecule is CC(=N)/C(NC(=O)COC(=O)Cn1ccc2ccc(Cl)cc21)=C(/C)Nc1ccccc1. The van der Waals surface area contributed by atoms with Gasteiger partial charge in [0.05, 0.1) is 16.9 Å². The van der Waals surface area contributed by atoms with E-state index in [1.165, 1.54) is 0 Å². The Bertz CT molecular complexity index is 1150. The number of hydrogen-bond donors (Lipinski definition) is 3. The van der Waals surface area contributed by atoms with Gasteiger partial charge in [-0.15, -0.1) is 0 Å². The number of amides is 1. The molecule has 3 N–H and O–H groups in total. The lowest BCUT2D eigenvalue weighted by Crippen LogP contribution is -2.32. The number of carbonyl (C=O) groups excluding carboxylic acids is 2. The van der Waals surface area contributed by atoms with E-state index in [-0.39, 0.29) is 12.3 Å². The number of halogens is 1. The smallest absolute Gasteiger partial charge is 0.326 e. The van der Waals surface area contributed by atoms with Crippen molar-refractivity contribution in [1.29, 1.82) is 5.41 Å². The third-order valence-corrected chi connectivity index (χ3v) is 4.75. The van der Waals surface area contributed by atoms with Crippen LogP contribution >= 0.6 is 11.6 Å². The molecule has 0 spiro atoms. The second-order valence-electron chi connectivity index (χ2n) is 6.97. The molecule has 1 aromatic heterocycles. The van der Waals surface area contributed by atoms with Gasteiger partial charge in [0.1, 0.15) is 6.54 Å². The van der Waals surface area contributed by atoms with Crippen LogP contribution in [0, 0.1) is 5.41 Å². The summed E-state index contributed by atoms with van der Waals surface area (Å²) in [6.45, 7) is 2.83. The number of benzene rings is 2. The first-order chi connectivity index (χ1) is 14.8. The van der Waals surface area contributed by atoms with Gasteiger partial charge in [0.25, 0.3) is 5.91 Å². The van der Waals surface area contributed by atoms with Crippen molar-refractivity contribution in [2.24, 2.45) is 0 Å². The molecule has 1 amide bonds. The standard InChI is InChI=1S/C23H23ClN4O3/c1-15(25)23(16(2)26-19-6-4-3-5-7-19)27-21(29)14-31-22(30)13-28-11-10-17-8-9-18(24)12-20(17)28/h3-12,25-26H,13-14H2,1-2H3,(H,27,29)/b23-16+,25-15?. The van der Waals surface area contributed by atoms with Crippen LogP contribution in [0.1, 0.15) is 13.8 Å². The van der Waals surface area contributed by atoms with E-state index in [1.807, 2.05) is 42.5 Å². The van der Waals surface area contributed by atoms with Gasteiger partial charge in [0.15, 0.2) is 6.61 Å². The molecular formula is C23H23ClN4O3. The van der Waals surface area contributed by atoms with E-state index in [1.54, 1.807) is 36.7 Å². The number of fused-ring (bicyclic) bond motifs is 1.